The van der Waals surface area contributed by atoms with Crippen molar-refractivity contribution in [1.82, 2.24) is 0 Å². The standard InChI is InChI=1S/C34H36O/c1-33(2,3)26-14-8-22(9-15-26)24-12-18-28-29-19-13-25(21-31(29)32(35-7)30(28)20-24)23-10-16-27(17-11-23)34(4,5)6/h8-21,32H,1-7H3. The summed E-state index contributed by atoms with van der Waals surface area (Å²) >= 11 is 0. The average molecular weight is 461 g/mol. The normalized spacial score (nSPS) is 13.6. The van der Waals surface area contributed by atoms with Gasteiger partial charge in [-0.05, 0) is 78.6 Å². The van der Waals surface area contributed by atoms with Crippen LogP contribution in [0.3, 0.4) is 0 Å². The van der Waals surface area contributed by atoms with Crippen LogP contribution in [0.15, 0.2) is 84.9 Å². The molecule has 1 aliphatic rings. The van der Waals surface area contributed by atoms with Crippen LogP contribution in [-0.4, -0.2) is 7.11 Å². The average Bonchev–Trinajstić information content (AvgIpc) is 3.15. The Morgan fingerprint density at radius 1 is 0.486 bits per heavy atom. The molecule has 1 nitrogen and oxygen atoms in total. The van der Waals surface area contributed by atoms with Gasteiger partial charge in [0.25, 0.3) is 0 Å². The second-order valence-electron chi connectivity index (χ2n) is 11.9. The number of methoxy groups -OCH3 is 1. The summed E-state index contributed by atoms with van der Waals surface area (Å²) in [6.45, 7) is 13.5. The van der Waals surface area contributed by atoms with Crippen molar-refractivity contribution in [1.29, 1.82) is 0 Å². The van der Waals surface area contributed by atoms with Crippen LogP contribution in [0.2, 0.25) is 0 Å². The Kier molecular flexibility index (Phi) is 5.73. The zero-order chi connectivity index (χ0) is 25.0. The molecule has 0 saturated carbocycles. The van der Waals surface area contributed by atoms with Crippen LogP contribution in [-0.2, 0) is 15.6 Å². The zero-order valence-corrected chi connectivity index (χ0v) is 22.1. The molecule has 4 aromatic carbocycles. The topological polar surface area (TPSA) is 9.23 Å². The molecule has 0 N–H and O–H groups in total. The lowest BCUT2D eigenvalue weighted by Gasteiger charge is -2.19. The van der Waals surface area contributed by atoms with E-state index in [-0.39, 0.29) is 16.9 Å². The molecule has 0 heterocycles. The molecule has 5 rings (SSSR count). The molecule has 35 heavy (non-hydrogen) atoms. The van der Waals surface area contributed by atoms with E-state index in [0.29, 0.717) is 0 Å². The summed E-state index contributed by atoms with van der Waals surface area (Å²) in [5.74, 6) is 0. The fourth-order valence-electron chi connectivity index (χ4n) is 5.16. The van der Waals surface area contributed by atoms with Gasteiger partial charge in [0, 0.05) is 7.11 Å². The maximum absolute atomic E-state index is 6.07. The number of hydrogen-bond donors (Lipinski definition) is 0. The van der Waals surface area contributed by atoms with Crippen LogP contribution >= 0.6 is 0 Å². The lowest BCUT2D eigenvalue weighted by Crippen LogP contribution is -2.10. The van der Waals surface area contributed by atoms with Gasteiger partial charge in [0.1, 0.15) is 6.10 Å². The molecule has 0 aromatic heterocycles. The largest absolute Gasteiger partial charge is 0.372 e. The zero-order valence-electron chi connectivity index (χ0n) is 22.1. The minimum absolute atomic E-state index is 0.0532. The fraction of sp³-hybridized carbons (Fsp3) is 0.294. The molecule has 0 fully saturated rings. The molecule has 0 amide bonds. The highest BCUT2D eigenvalue weighted by Crippen LogP contribution is 2.47. The third-order valence-corrected chi connectivity index (χ3v) is 7.36. The van der Waals surface area contributed by atoms with Crippen molar-refractivity contribution in [3.8, 4) is 33.4 Å². The number of fused-ring (bicyclic) bond motifs is 3. The van der Waals surface area contributed by atoms with E-state index in [1.165, 1.54) is 55.6 Å². The van der Waals surface area contributed by atoms with E-state index in [0.717, 1.165) is 0 Å². The van der Waals surface area contributed by atoms with Gasteiger partial charge < -0.3 is 4.74 Å². The first-order valence-corrected chi connectivity index (χ1v) is 12.6. The van der Waals surface area contributed by atoms with E-state index in [4.69, 9.17) is 4.74 Å². The molecule has 0 radical (unpaired) electrons. The summed E-state index contributed by atoms with van der Waals surface area (Å²) in [4.78, 5) is 0. The van der Waals surface area contributed by atoms with Gasteiger partial charge in [-0.15, -0.1) is 0 Å². The smallest absolute Gasteiger partial charge is 0.108 e. The first kappa shape index (κ1) is 23.6. The van der Waals surface area contributed by atoms with Crippen LogP contribution in [0.5, 0.6) is 0 Å². The summed E-state index contributed by atoms with van der Waals surface area (Å²) < 4.78 is 6.07. The monoisotopic (exact) mass is 460 g/mol. The van der Waals surface area contributed by atoms with Crippen molar-refractivity contribution in [2.24, 2.45) is 0 Å². The molecule has 0 bridgehead atoms. The third kappa shape index (κ3) is 4.34. The Hall–Kier alpha value is -3.16. The van der Waals surface area contributed by atoms with Crippen LogP contribution in [0, 0.1) is 0 Å². The third-order valence-electron chi connectivity index (χ3n) is 7.36. The first-order valence-electron chi connectivity index (χ1n) is 12.6. The molecule has 178 valence electrons. The molecule has 0 unspecified atom stereocenters. The summed E-state index contributed by atoms with van der Waals surface area (Å²) in [6.07, 6.45) is -0.0532. The maximum atomic E-state index is 6.07. The summed E-state index contributed by atoms with van der Waals surface area (Å²) in [6, 6.07) is 31.6. The Balaban J connectivity index is 1.50. The predicted octanol–water partition coefficient (Wildman–Crippen LogP) is 9.33. The van der Waals surface area contributed by atoms with E-state index in [9.17, 15) is 0 Å². The van der Waals surface area contributed by atoms with Crippen molar-refractivity contribution < 1.29 is 4.74 Å². The summed E-state index contributed by atoms with van der Waals surface area (Å²) in [5, 5.41) is 0. The maximum Gasteiger partial charge on any atom is 0.108 e. The minimum atomic E-state index is -0.0532. The lowest BCUT2D eigenvalue weighted by molar-refractivity contribution is 0.140. The van der Waals surface area contributed by atoms with E-state index in [1.807, 2.05) is 7.11 Å². The molecule has 0 aliphatic heterocycles. The van der Waals surface area contributed by atoms with Crippen LogP contribution in [0.4, 0.5) is 0 Å². The highest BCUT2D eigenvalue weighted by atomic mass is 16.5. The molecule has 1 heteroatoms. The molecular formula is C34H36O. The van der Waals surface area contributed by atoms with E-state index in [1.54, 1.807) is 0 Å². The van der Waals surface area contributed by atoms with Crippen molar-refractivity contribution in [2.75, 3.05) is 7.11 Å². The van der Waals surface area contributed by atoms with Gasteiger partial charge in [-0.1, -0.05) is 114 Å². The van der Waals surface area contributed by atoms with E-state index in [2.05, 4.69) is 126 Å². The van der Waals surface area contributed by atoms with Crippen molar-refractivity contribution in [2.45, 2.75) is 58.5 Å². The van der Waals surface area contributed by atoms with Gasteiger partial charge in [-0.25, -0.2) is 0 Å². The highest BCUT2D eigenvalue weighted by molar-refractivity contribution is 5.84. The molecule has 4 aromatic rings. The van der Waals surface area contributed by atoms with Gasteiger partial charge in [0.05, 0.1) is 0 Å². The van der Waals surface area contributed by atoms with Gasteiger partial charge in [-0.3, -0.25) is 0 Å². The second kappa shape index (κ2) is 8.50. The molecule has 0 atom stereocenters. The predicted molar refractivity (Wildman–Crippen MR) is 149 cm³/mol. The van der Waals surface area contributed by atoms with Gasteiger partial charge >= 0.3 is 0 Å². The van der Waals surface area contributed by atoms with Crippen molar-refractivity contribution >= 4 is 0 Å². The van der Waals surface area contributed by atoms with Crippen LogP contribution in [0.1, 0.15) is 69.9 Å². The Bertz CT molecular complexity index is 1250. The van der Waals surface area contributed by atoms with Crippen molar-refractivity contribution in [3.05, 3.63) is 107 Å². The number of rotatable bonds is 3. The highest BCUT2D eigenvalue weighted by Gasteiger charge is 2.29. The van der Waals surface area contributed by atoms with Gasteiger partial charge in [0.2, 0.25) is 0 Å². The Labute approximate surface area is 210 Å². The second-order valence-corrected chi connectivity index (χ2v) is 11.9. The number of benzene rings is 4. The summed E-state index contributed by atoms with van der Waals surface area (Å²) in [7, 11) is 1.82. The summed E-state index contributed by atoms with van der Waals surface area (Å²) in [5.41, 5.74) is 13.0. The van der Waals surface area contributed by atoms with Crippen LogP contribution in [0.25, 0.3) is 33.4 Å². The van der Waals surface area contributed by atoms with Gasteiger partial charge in [0.15, 0.2) is 0 Å². The van der Waals surface area contributed by atoms with E-state index < -0.39 is 0 Å². The molecule has 0 spiro atoms. The van der Waals surface area contributed by atoms with Gasteiger partial charge in [-0.2, -0.15) is 0 Å². The number of ether oxygens (including phenoxy) is 1. The minimum Gasteiger partial charge on any atom is -0.372 e. The first-order chi connectivity index (χ1) is 16.6. The molecule has 0 saturated heterocycles. The van der Waals surface area contributed by atoms with Crippen LogP contribution < -0.4 is 0 Å². The van der Waals surface area contributed by atoms with E-state index >= 15 is 0 Å². The lowest BCUT2D eigenvalue weighted by atomic mass is 9.86. The van der Waals surface area contributed by atoms with Crippen molar-refractivity contribution in [3.63, 3.8) is 0 Å². The Morgan fingerprint density at radius 2 is 0.829 bits per heavy atom. The number of hydrogen-bond acceptors (Lipinski definition) is 1. The SMILES string of the molecule is COC1c2cc(-c3ccc(C(C)(C)C)cc3)ccc2-c2ccc(-c3ccc(C(C)(C)C)cc3)cc21. The quantitative estimate of drug-likeness (QED) is 0.296. The molecule has 1 aliphatic carbocycles. The Morgan fingerprint density at radius 3 is 1.14 bits per heavy atom. The molecular weight excluding hydrogens is 424 g/mol. The fourth-order valence-corrected chi connectivity index (χ4v) is 5.16.